The number of benzene rings is 4. The second kappa shape index (κ2) is 9.52. The number of methoxy groups -OCH3 is 1. The van der Waals surface area contributed by atoms with Crippen LogP contribution in [-0.2, 0) is 11.4 Å². The molecule has 1 N–H and O–H groups in total. The van der Waals surface area contributed by atoms with Gasteiger partial charge in [0.2, 0.25) is 0 Å². The highest BCUT2D eigenvalue weighted by Crippen LogP contribution is 2.53. The Morgan fingerprint density at radius 3 is 2.55 bits per heavy atom. The van der Waals surface area contributed by atoms with Gasteiger partial charge in [-0.25, -0.2) is 0 Å². The Morgan fingerprint density at radius 2 is 1.74 bits per heavy atom. The monoisotopic (exact) mass is 523 g/mol. The number of fused-ring (bicyclic) bond motifs is 4. The molecule has 1 unspecified atom stereocenters. The van der Waals surface area contributed by atoms with Gasteiger partial charge in [-0.15, -0.1) is 0 Å². The molecule has 0 bridgehead atoms. The fourth-order valence-electron chi connectivity index (χ4n) is 5.91. The van der Waals surface area contributed by atoms with Gasteiger partial charge in [-0.3, -0.25) is 4.79 Å². The summed E-state index contributed by atoms with van der Waals surface area (Å²) < 4.78 is 12.1. The van der Waals surface area contributed by atoms with Crippen LogP contribution in [0.3, 0.4) is 0 Å². The highest BCUT2D eigenvalue weighted by Gasteiger charge is 2.41. The molecule has 6 rings (SSSR count). The molecule has 0 saturated carbocycles. The number of carbonyl (C=O) groups is 1. The van der Waals surface area contributed by atoms with Crippen molar-refractivity contribution in [1.29, 1.82) is 0 Å². The van der Waals surface area contributed by atoms with Gasteiger partial charge >= 0.3 is 0 Å². The van der Waals surface area contributed by atoms with E-state index in [4.69, 9.17) is 21.1 Å². The van der Waals surface area contributed by atoms with Crippen LogP contribution in [0.4, 0.5) is 5.69 Å². The minimum Gasteiger partial charge on any atom is -0.493 e. The molecule has 1 atom stereocenters. The minimum atomic E-state index is -0.362. The molecule has 38 heavy (non-hydrogen) atoms. The van der Waals surface area contributed by atoms with Gasteiger partial charge in [0.1, 0.15) is 6.61 Å². The van der Waals surface area contributed by atoms with E-state index in [2.05, 4.69) is 55.6 Å². The quantitative estimate of drug-likeness (QED) is 0.285. The van der Waals surface area contributed by atoms with E-state index in [9.17, 15) is 4.79 Å². The van der Waals surface area contributed by atoms with Crippen LogP contribution in [0.25, 0.3) is 16.3 Å². The number of hydrogen-bond donors (Lipinski definition) is 1. The molecule has 1 aliphatic carbocycles. The van der Waals surface area contributed by atoms with Crippen LogP contribution in [0.2, 0.25) is 5.02 Å². The van der Waals surface area contributed by atoms with Gasteiger partial charge in [0, 0.05) is 39.4 Å². The van der Waals surface area contributed by atoms with Crippen molar-refractivity contribution >= 4 is 39.4 Å². The van der Waals surface area contributed by atoms with Crippen molar-refractivity contribution in [2.75, 3.05) is 12.4 Å². The molecule has 1 heterocycles. The third-order valence-corrected chi connectivity index (χ3v) is 7.98. The average molecular weight is 524 g/mol. The molecule has 0 amide bonds. The SMILES string of the molecule is COc1cccc(C2Nc3ccc4ccccc4c3C3=C2C(=O)CC(C)(C)C3)c1OCc1ccccc1Cl. The number of ether oxygens (including phenoxy) is 2. The van der Waals surface area contributed by atoms with E-state index >= 15 is 0 Å². The highest BCUT2D eigenvalue weighted by atomic mass is 35.5. The number of para-hydroxylation sites is 1. The van der Waals surface area contributed by atoms with Crippen LogP contribution in [0.15, 0.2) is 84.4 Å². The lowest BCUT2D eigenvalue weighted by atomic mass is 9.67. The summed E-state index contributed by atoms with van der Waals surface area (Å²) >= 11 is 6.42. The first-order valence-electron chi connectivity index (χ1n) is 12.9. The first-order valence-corrected chi connectivity index (χ1v) is 13.3. The maximum atomic E-state index is 13.9. The summed E-state index contributed by atoms with van der Waals surface area (Å²) in [6, 6.07) is 25.8. The zero-order chi connectivity index (χ0) is 26.4. The van der Waals surface area contributed by atoms with Gasteiger partial charge in [-0.2, -0.15) is 0 Å². The van der Waals surface area contributed by atoms with E-state index in [1.807, 2.05) is 42.5 Å². The smallest absolute Gasteiger partial charge is 0.167 e. The van der Waals surface area contributed by atoms with E-state index in [1.54, 1.807) is 7.11 Å². The van der Waals surface area contributed by atoms with Crippen LogP contribution in [0, 0.1) is 5.41 Å². The van der Waals surface area contributed by atoms with Gasteiger partial charge in [0.25, 0.3) is 0 Å². The molecular weight excluding hydrogens is 494 g/mol. The number of ketones is 1. The number of carbonyl (C=O) groups excluding carboxylic acids is 1. The maximum absolute atomic E-state index is 13.9. The van der Waals surface area contributed by atoms with E-state index in [-0.39, 0.29) is 23.8 Å². The number of hydrogen-bond acceptors (Lipinski definition) is 4. The second-order valence-corrected chi connectivity index (χ2v) is 11.3. The van der Waals surface area contributed by atoms with Crippen molar-refractivity contribution in [3.05, 3.63) is 106 Å². The van der Waals surface area contributed by atoms with Crippen LogP contribution < -0.4 is 14.8 Å². The maximum Gasteiger partial charge on any atom is 0.167 e. The summed E-state index contributed by atoms with van der Waals surface area (Å²) in [6.45, 7) is 4.65. The van der Waals surface area contributed by atoms with Crippen molar-refractivity contribution in [3.63, 3.8) is 0 Å². The molecule has 192 valence electrons. The molecule has 0 radical (unpaired) electrons. The number of Topliss-reactive ketones (excluding diaryl/α,β-unsaturated/α-hetero) is 1. The summed E-state index contributed by atoms with van der Waals surface area (Å²) in [5.41, 5.74) is 5.75. The number of allylic oxidation sites excluding steroid dienone is 1. The van der Waals surface area contributed by atoms with Crippen molar-refractivity contribution in [2.45, 2.75) is 39.3 Å². The molecular formula is C33H30ClNO3. The number of halogens is 1. The predicted molar refractivity (Wildman–Crippen MR) is 154 cm³/mol. The Bertz CT molecular complexity index is 1600. The minimum absolute atomic E-state index is 0.121. The summed E-state index contributed by atoms with van der Waals surface area (Å²) in [5, 5.41) is 6.70. The summed E-state index contributed by atoms with van der Waals surface area (Å²) in [5.74, 6) is 1.40. The second-order valence-electron chi connectivity index (χ2n) is 10.9. The Balaban J connectivity index is 1.52. The van der Waals surface area contributed by atoms with Crippen LogP contribution in [-0.4, -0.2) is 12.9 Å². The third-order valence-electron chi connectivity index (χ3n) is 7.61. The Hall–Kier alpha value is -3.76. The fourth-order valence-corrected chi connectivity index (χ4v) is 6.10. The average Bonchev–Trinajstić information content (AvgIpc) is 2.91. The molecule has 4 aromatic carbocycles. The zero-order valence-electron chi connectivity index (χ0n) is 21.8. The van der Waals surface area contributed by atoms with Gasteiger partial charge in [-0.1, -0.05) is 86.1 Å². The number of anilines is 1. The van der Waals surface area contributed by atoms with Crippen molar-refractivity contribution in [1.82, 2.24) is 0 Å². The Kier molecular flexibility index (Phi) is 6.16. The lowest BCUT2D eigenvalue weighted by Gasteiger charge is -2.40. The van der Waals surface area contributed by atoms with Crippen LogP contribution in [0.5, 0.6) is 11.5 Å². The molecule has 1 aliphatic heterocycles. The molecule has 4 aromatic rings. The third kappa shape index (κ3) is 4.23. The Labute approximate surface area is 228 Å². The fraction of sp³-hybridized carbons (Fsp3) is 0.242. The highest BCUT2D eigenvalue weighted by molar-refractivity contribution is 6.31. The first-order chi connectivity index (χ1) is 18.4. The van der Waals surface area contributed by atoms with Crippen LogP contribution >= 0.6 is 11.6 Å². The summed E-state index contributed by atoms with van der Waals surface area (Å²) in [6.07, 6.45) is 1.33. The molecule has 0 fully saturated rings. The predicted octanol–water partition coefficient (Wildman–Crippen LogP) is 8.39. The van der Waals surface area contributed by atoms with E-state index < -0.39 is 0 Å². The number of nitrogens with one attached hydrogen (secondary N) is 1. The lowest BCUT2D eigenvalue weighted by Crippen LogP contribution is -2.33. The van der Waals surface area contributed by atoms with Gasteiger partial charge in [-0.05, 0) is 46.4 Å². The van der Waals surface area contributed by atoms with E-state index in [0.29, 0.717) is 22.9 Å². The largest absolute Gasteiger partial charge is 0.493 e. The molecule has 0 saturated heterocycles. The van der Waals surface area contributed by atoms with E-state index in [1.165, 1.54) is 5.39 Å². The topological polar surface area (TPSA) is 47.6 Å². The standard InChI is InChI=1S/C33H30ClNO3/c1-33(2)17-24-29-22-11-6-4-9-20(22)15-16-26(29)35-31(30(24)27(36)18-33)23-12-8-14-28(37-3)32(23)38-19-21-10-5-7-13-25(21)34/h4-16,31,35H,17-19H2,1-3H3. The van der Waals surface area contributed by atoms with Gasteiger partial charge in [0.05, 0.1) is 13.2 Å². The molecule has 2 aliphatic rings. The summed E-state index contributed by atoms with van der Waals surface area (Å²) in [7, 11) is 1.64. The van der Waals surface area contributed by atoms with Gasteiger partial charge < -0.3 is 14.8 Å². The van der Waals surface area contributed by atoms with Crippen molar-refractivity contribution in [3.8, 4) is 11.5 Å². The van der Waals surface area contributed by atoms with E-state index in [0.717, 1.165) is 45.3 Å². The zero-order valence-corrected chi connectivity index (χ0v) is 22.6. The molecule has 4 nitrogen and oxygen atoms in total. The number of rotatable bonds is 5. The van der Waals surface area contributed by atoms with Gasteiger partial charge in [0.15, 0.2) is 17.3 Å². The summed E-state index contributed by atoms with van der Waals surface area (Å²) in [4.78, 5) is 13.9. The molecule has 0 aromatic heterocycles. The van der Waals surface area contributed by atoms with Crippen molar-refractivity contribution in [2.24, 2.45) is 5.41 Å². The Morgan fingerprint density at radius 1 is 0.947 bits per heavy atom. The first kappa shape index (κ1) is 24.6. The molecule has 0 spiro atoms. The normalized spacial score (nSPS) is 18.0. The van der Waals surface area contributed by atoms with Crippen molar-refractivity contribution < 1.29 is 14.3 Å². The van der Waals surface area contributed by atoms with Crippen LogP contribution in [0.1, 0.15) is 49.4 Å². The lowest BCUT2D eigenvalue weighted by molar-refractivity contribution is -0.118. The molecule has 5 heteroatoms.